The first-order chi connectivity index (χ1) is 9.78. The van der Waals surface area contributed by atoms with Gasteiger partial charge in [0.2, 0.25) is 0 Å². The van der Waals surface area contributed by atoms with Crippen molar-refractivity contribution in [2.75, 3.05) is 26.9 Å². The summed E-state index contributed by atoms with van der Waals surface area (Å²) in [4.78, 5) is 0. The van der Waals surface area contributed by atoms with Crippen LogP contribution >= 0.6 is 0 Å². The van der Waals surface area contributed by atoms with Gasteiger partial charge in [0.05, 0.1) is 19.8 Å². The van der Waals surface area contributed by atoms with Crippen molar-refractivity contribution in [3.63, 3.8) is 0 Å². The molecule has 0 saturated carbocycles. The molecule has 0 aliphatic carbocycles. The SMILES string of the molecule is CCNC(COCC(F)(F)F)c1c(F)cc(OC)cc1F. The van der Waals surface area contributed by atoms with E-state index in [9.17, 15) is 22.0 Å². The lowest BCUT2D eigenvalue weighted by atomic mass is 10.1. The largest absolute Gasteiger partial charge is 0.497 e. The number of hydrogen-bond donors (Lipinski definition) is 1. The van der Waals surface area contributed by atoms with E-state index in [0.717, 1.165) is 12.1 Å². The highest BCUT2D eigenvalue weighted by Crippen LogP contribution is 2.26. The third-order valence-corrected chi connectivity index (χ3v) is 2.64. The molecule has 0 fully saturated rings. The van der Waals surface area contributed by atoms with Gasteiger partial charge in [-0.15, -0.1) is 0 Å². The molecule has 0 saturated heterocycles. The first-order valence-corrected chi connectivity index (χ1v) is 6.19. The Morgan fingerprint density at radius 3 is 2.19 bits per heavy atom. The fraction of sp³-hybridized carbons (Fsp3) is 0.538. The van der Waals surface area contributed by atoms with Crippen LogP contribution in [0, 0.1) is 11.6 Å². The van der Waals surface area contributed by atoms with Gasteiger partial charge in [-0.05, 0) is 6.54 Å². The van der Waals surface area contributed by atoms with Gasteiger partial charge in [0, 0.05) is 17.7 Å². The quantitative estimate of drug-likeness (QED) is 0.784. The van der Waals surface area contributed by atoms with E-state index in [1.807, 2.05) is 0 Å². The molecule has 8 heteroatoms. The summed E-state index contributed by atoms with van der Waals surface area (Å²) in [5.41, 5.74) is -0.375. The molecule has 1 aromatic carbocycles. The van der Waals surface area contributed by atoms with Crippen LogP contribution in [0.2, 0.25) is 0 Å². The molecular weight excluding hydrogens is 297 g/mol. The minimum atomic E-state index is -4.49. The highest BCUT2D eigenvalue weighted by atomic mass is 19.4. The van der Waals surface area contributed by atoms with Gasteiger partial charge >= 0.3 is 6.18 Å². The average Bonchev–Trinajstić information content (AvgIpc) is 2.36. The van der Waals surface area contributed by atoms with Crippen molar-refractivity contribution in [1.82, 2.24) is 5.32 Å². The van der Waals surface area contributed by atoms with Crippen molar-refractivity contribution >= 4 is 0 Å². The number of benzene rings is 1. The molecule has 0 spiro atoms. The highest BCUT2D eigenvalue weighted by molar-refractivity contribution is 5.32. The van der Waals surface area contributed by atoms with Crippen molar-refractivity contribution in [2.24, 2.45) is 0 Å². The van der Waals surface area contributed by atoms with E-state index in [1.54, 1.807) is 6.92 Å². The molecule has 1 rings (SSSR count). The number of nitrogens with one attached hydrogen (secondary N) is 1. The third-order valence-electron chi connectivity index (χ3n) is 2.64. The van der Waals surface area contributed by atoms with E-state index in [2.05, 4.69) is 10.1 Å². The maximum absolute atomic E-state index is 13.9. The second kappa shape index (κ2) is 7.56. The summed E-state index contributed by atoms with van der Waals surface area (Å²) in [5.74, 6) is -1.83. The van der Waals surface area contributed by atoms with Crippen LogP contribution in [0.3, 0.4) is 0 Å². The molecule has 1 N–H and O–H groups in total. The Hall–Kier alpha value is -1.41. The number of alkyl halides is 3. The van der Waals surface area contributed by atoms with Crippen molar-refractivity contribution in [3.05, 3.63) is 29.3 Å². The molecular formula is C13H16F5NO2. The summed E-state index contributed by atoms with van der Waals surface area (Å²) >= 11 is 0. The van der Waals surface area contributed by atoms with Crippen LogP contribution in [0.4, 0.5) is 22.0 Å². The average molecular weight is 313 g/mol. The molecule has 1 atom stereocenters. The standard InChI is InChI=1S/C13H16F5NO2/c1-3-19-11(6-21-7-13(16,17)18)12-9(14)4-8(20-2)5-10(12)15/h4-5,11,19H,3,6-7H2,1-2H3. The Morgan fingerprint density at radius 1 is 1.19 bits per heavy atom. The summed E-state index contributed by atoms with van der Waals surface area (Å²) in [6.07, 6.45) is -4.49. The first kappa shape index (κ1) is 17.6. The van der Waals surface area contributed by atoms with Crippen LogP contribution in [0.15, 0.2) is 12.1 Å². The molecule has 0 heterocycles. The molecule has 120 valence electrons. The van der Waals surface area contributed by atoms with E-state index in [0.29, 0.717) is 6.54 Å². The summed E-state index contributed by atoms with van der Waals surface area (Å²) in [6, 6.07) is 0.905. The molecule has 0 bridgehead atoms. The second-order valence-electron chi connectivity index (χ2n) is 4.25. The zero-order valence-corrected chi connectivity index (χ0v) is 11.6. The van der Waals surface area contributed by atoms with Gasteiger partial charge in [0.1, 0.15) is 24.0 Å². The molecule has 0 aromatic heterocycles. The highest BCUT2D eigenvalue weighted by Gasteiger charge is 2.29. The molecule has 1 unspecified atom stereocenters. The lowest BCUT2D eigenvalue weighted by molar-refractivity contribution is -0.175. The molecule has 0 amide bonds. The van der Waals surface area contributed by atoms with Gasteiger partial charge in [-0.25, -0.2) is 8.78 Å². The lowest BCUT2D eigenvalue weighted by Crippen LogP contribution is -2.29. The van der Waals surface area contributed by atoms with Crippen LogP contribution in [0.1, 0.15) is 18.5 Å². The van der Waals surface area contributed by atoms with Crippen molar-refractivity contribution in [3.8, 4) is 5.75 Å². The molecule has 0 aliphatic rings. The van der Waals surface area contributed by atoms with E-state index < -0.39 is 37.1 Å². The van der Waals surface area contributed by atoms with Gasteiger partial charge in [-0.3, -0.25) is 0 Å². The molecule has 1 aromatic rings. The van der Waals surface area contributed by atoms with E-state index in [-0.39, 0.29) is 11.3 Å². The van der Waals surface area contributed by atoms with Crippen LogP contribution in [-0.2, 0) is 4.74 Å². The van der Waals surface area contributed by atoms with Crippen molar-refractivity contribution in [2.45, 2.75) is 19.1 Å². The maximum atomic E-state index is 13.9. The minimum Gasteiger partial charge on any atom is -0.497 e. The van der Waals surface area contributed by atoms with E-state index in [1.165, 1.54) is 7.11 Å². The van der Waals surface area contributed by atoms with Gasteiger partial charge < -0.3 is 14.8 Å². The predicted molar refractivity (Wildman–Crippen MR) is 66.2 cm³/mol. The molecule has 21 heavy (non-hydrogen) atoms. The van der Waals surface area contributed by atoms with Gasteiger partial charge in [-0.1, -0.05) is 6.92 Å². The number of ether oxygens (including phenoxy) is 2. The van der Waals surface area contributed by atoms with E-state index >= 15 is 0 Å². The van der Waals surface area contributed by atoms with Crippen molar-refractivity contribution in [1.29, 1.82) is 0 Å². The zero-order chi connectivity index (χ0) is 16.0. The van der Waals surface area contributed by atoms with Crippen LogP contribution in [-0.4, -0.2) is 33.0 Å². The summed E-state index contributed by atoms with van der Waals surface area (Å²) in [7, 11) is 1.25. The molecule has 0 aliphatic heterocycles. The van der Waals surface area contributed by atoms with Gasteiger partial charge in [0.25, 0.3) is 0 Å². The predicted octanol–water partition coefficient (Wildman–Crippen LogP) is 3.20. The Bertz CT molecular complexity index is 441. The lowest BCUT2D eigenvalue weighted by Gasteiger charge is -2.20. The monoisotopic (exact) mass is 313 g/mol. The maximum Gasteiger partial charge on any atom is 0.411 e. The Morgan fingerprint density at radius 2 is 1.76 bits per heavy atom. The second-order valence-corrected chi connectivity index (χ2v) is 4.25. The summed E-state index contributed by atoms with van der Waals surface area (Å²) < 4.78 is 73.1. The third kappa shape index (κ3) is 5.47. The molecule has 0 radical (unpaired) electrons. The van der Waals surface area contributed by atoms with Crippen LogP contribution in [0.25, 0.3) is 0 Å². The topological polar surface area (TPSA) is 30.5 Å². The van der Waals surface area contributed by atoms with E-state index in [4.69, 9.17) is 4.74 Å². The van der Waals surface area contributed by atoms with Gasteiger partial charge in [-0.2, -0.15) is 13.2 Å². The number of methoxy groups -OCH3 is 1. The fourth-order valence-electron chi connectivity index (χ4n) is 1.80. The normalized spacial score (nSPS) is 13.3. The minimum absolute atomic E-state index is 0.0137. The number of halogens is 5. The zero-order valence-electron chi connectivity index (χ0n) is 11.6. The number of hydrogen-bond acceptors (Lipinski definition) is 3. The summed E-state index contributed by atoms with van der Waals surface area (Å²) in [6.45, 7) is -0.0111. The smallest absolute Gasteiger partial charge is 0.411 e. The Balaban J connectivity index is 2.90. The number of rotatable bonds is 7. The summed E-state index contributed by atoms with van der Waals surface area (Å²) in [5, 5.41) is 2.69. The van der Waals surface area contributed by atoms with Gasteiger partial charge in [0.15, 0.2) is 0 Å². The fourth-order valence-corrected chi connectivity index (χ4v) is 1.80. The Kier molecular flexibility index (Phi) is 6.35. The molecule has 3 nitrogen and oxygen atoms in total. The van der Waals surface area contributed by atoms with Crippen molar-refractivity contribution < 1.29 is 31.4 Å². The first-order valence-electron chi connectivity index (χ1n) is 6.19. The number of likely N-dealkylation sites (N-methyl/N-ethyl adjacent to an activating group) is 1. The van der Waals surface area contributed by atoms with Crippen LogP contribution < -0.4 is 10.1 Å². The van der Waals surface area contributed by atoms with Crippen LogP contribution in [0.5, 0.6) is 5.75 Å². The Labute approximate surface area is 119 Å².